The lowest BCUT2D eigenvalue weighted by Gasteiger charge is -2.44. The van der Waals surface area contributed by atoms with E-state index < -0.39 is 5.54 Å². The van der Waals surface area contributed by atoms with Crippen molar-refractivity contribution in [3.8, 4) is 0 Å². The Morgan fingerprint density at radius 1 is 1.12 bits per heavy atom. The normalized spacial score (nSPS) is 22.1. The molecule has 2 saturated heterocycles. The Morgan fingerprint density at radius 2 is 1.92 bits per heavy atom. The van der Waals surface area contributed by atoms with Crippen LogP contribution in [-0.4, -0.2) is 58.6 Å². The summed E-state index contributed by atoms with van der Waals surface area (Å²) in [6.45, 7) is 1.82. The van der Waals surface area contributed by atoms with Crippen LogP contribution >= 0.6 is 0 Å². The van der Waals surface area contributed by atoms with E-state index in [1.54, 1.807) is 11.1 Å². The molecule has 2 aliphatic heterocycles. The number of piperazine rings is 1. The predicted octanol–water partition coefficient (Wildman–Crippen LogP) is 1.90. The van der Waals surface area contributed by atoms with E-state index in [1.807, 2.05) is 53.4 Å². The minimum absolute atomic E-state index is 0.0372. The van der Waals surface area contributed by atoms with Gasteiger partial charge < -0.3 is 9.64 Å². The van der Waals surface area contributed by atoms with Crippen molar-refractivity contribution in [2.75, 3.05) is 26.2 Å². The maximum atomic E-state index is 12.8. The maximum Gasteiger partial charge on any atom is 0.410 e. The summed E-state index contributed by atoms with van der Waals surface area (Å²) >= 11 is 0. The van der Waals surface area contributed by atoms with Crippen molar-refractivity contribution < 1.29 is 14.3 Å². The number of pyridine rings is 1. The fraction of sp³-hybridized carbons (Fsp3) is 0.350. The molecular weight excluding hydrogens is 330 g/mol. The molecule has 4 rings (SSSR count). The summed E-state index contributed by atoms with van der Waals surface area (Å²) in [5.41, 5.74) is 1.40. The monoisotopic (exact) mass is 351 g/mol. The molecule has 2 fully saturated rings. The fourth-order valence-corrected chi connectivity index (χ4v) is 3.82. The van der Waals surface area contributed by atoms with Gasteiger partial charge in [-0.1, -0.05) is 36.4 Å². The van der Waals surface area contributed by atoms with Crippen LogP contribution < -0.4 is 0 Å². The molecule has 1 aromatic carbocycles. The maximum absolute atomic E-state index is 12.8. The lowest BCUT2D eigenvalue weighted by molar-refractivity contribution is -0.134. The van der Waals surface area contributed by atoms with Crippen LogP contribution in [0.2, 0.25) is 0 Å². The molecule has 26 heavy (non-hydrogen) atoms. The van der Waals surface area contributed by atoms with Gasteiger partial charge >= 0.3 is 6.09 Å². The highest BCUT2D eigenvalue weighted by atomic mass is 16.6. The number of rotatable bonds is 4. The van der Waals surface area contributed by atoms with Crippen molar-refractivity contribution in [1.82, 2.24) is 14.8 Å². The Labute approximate surface area is 152 Å². The topological polar surface area (TPSA) is 62.7 Å². The number of hydrogen-bond donors (Lipinski definition) is 0. The fourth-order valence-electron chi connectivity index (χ4n) is 3.82. The predicted molar refractivity (Wildman–Crippen MR) is 95.5 cm³/mol. The van der Waals surface area contributed by atoms with E-state index in [0.29, 0.717) is 32.7 Å². The van der Waals surface area contributed by atoms with Crippen LogP contribution in [0.5, 0.6) is 0 Å². The molecule has 0 bridgehead atoms. The number of nitrogens with zero attached hydrogens (tertiary/aromatic N) is 3. The number of amides is 2. The molecule has 0 radical (unpaired) electrons. The zero-order valence-electron chi connectivity index (χ0n) is 14.5. The molecule has 6 nitrogen and oxygen atoms in total. The Morgan fingerprint density at radius 3 is 2.69 bits per heavy atom. The zero-order chi connectivity index (χ0) is 18.0. The first-order chi connectivity index (χ1) is 12.7. The minimum atomic E-state index is -0.490. The van der Waals surface area contributed by atoms with E-state index in [4.69, 9.17) is 4.74 Å². The van der Waals surface area contributed by atoms with E-state index in [-0.39, 0.29) is 18.4 Å². The lowest BCUT2D eigenvalue weighted by Crippen LogP contribution is -2.63. The van der Waals surface area contributed by atoms with E-state index >= 15 is 0 Å². The van der Waals surface area contributed by atoms with E-state index in [9.17, 15) is 9.59 Å². The van der Waals surface area contributed by atoms with Crippen molar-refractivity contribution in [2.45, 2.75) is 18.4 Å². The van der Waals surface area contributed by atoms with Crippen LogP contribution in [0.4, 0.5) is 4.79 Å². The number of benzene rings is 1. The van der Waals surface area contributed by atoms with Gasteiger partial charge in [-0.2, -0.15) is 0 Å². The second-order valence-corrected chi connectivity index (χ2v) is 6.91. The summed E-state index contributed by atoms with van der Waals surface area (Å²) in [6, 6.07) is 15.6. The number of hydrogen-bond acceptors (Lipinski definition) is 4. The first-order valence-corrected chi connectivity index (χ1v) is 8.82. The SMILES string of the molecule is O=C(Cc1ccccn1)N1CCN2C(=O)OCC2(Cc2ccccc2)C1. The highest BCUT2D eigenvalue weighted by Gasteiger charge is 2.51. The number of ether oxygens (including phenoxy) is 1. The molecular formula is C20H21N3O3. The van der Waals surface area contributed by atoms with Crippen LogP contribution in [0.15, 0.2) is 54.7 Å². The molecule has 0 N–H and O–H groups in total. The molecule has 0 spiro atoms. The van der Waals surface area contributed by atoms with Crippen LogP contribution in [-0.2, 0) is 22.4 Å². The van der Waals surface area contributed by atoms with Gasteiger partial charge in [0.2, 0.25) is 5.91 Å². The Bertz CT molecular complexity index is 796. The Balaban J connectivity index is 1.53. The van der Waals surface area contributed by atoms with Gasteiger partial charge in [-0.15, -0.1) is 0 Å². The van der Waals surface area contributed by atoms with Crippen molar-refractivity contribution in [3.63, 3.8) is 0 Å². The van der Waals surface area contributed by atoms with Gasteiger partial charge in [0.25, 0.3) is 0 Å². The van der Waals surface area contributed by atoms with Gasteiger partial charge in [0.1, 0.15) is 12.1 Å². The first-order valence-electron chi connectivity index (χ1n) is 8.82. The van der Waals surface area contributed by atoms with E-state index in [0.717, 1.165) is 11.3 Å². The Kier molecular flexibility index (Phi) is 4.32. The van der Waals surface area contributed by atoms with E-state index in [2.05, 4.69) is 4.98 Å². The molecule has 1 atom stereocenters. The van der Waals surface area contributed by atoms with Crippen molar-refractivity contribution >= 4 is 12.0 Å². The minimum Gasteiger partial charge on any atom is -0.447 e. The highest BCUT2D eigenvalue weighted by Crippen LogP contribution is 2.32. The number of carbonyl (C=O) groups is 2. The Hall–Kier alpha value is -2.89. The quantitative estimate of drug-likeness (QED) is 0.844. The van der Waals surface area contributed by atoms with Crippen molar-refractivity contribution in [3.05, 3.63) is 66.0 Å². The van der Waals surface area contributed by atoms with E-state index in [1.165, 1.54) is 0 Å². The molecule has 2 aromatic rings. The molecule has 3 heterocycles. The van der Waals surface area contributed by atoms with Crippen LogP contribution in [0.1, 0.15) is 11.3 Å². The van der Waals surface area contributed by atoms with Gasteiger partial charge in [-0.25, -0.2) is 4.79 Å². The third-order valence-electron chi connectivity index (χ3n) is 5.12. The summed E-state index contributed by atoms with van der Waals surface area (Å²) in [5.74, 6) is 0.0372. The van der Waals surface area contributed by atoms with Crippen LogP contribution in [0.3, 0.4) is 0 Å². The molecule has 1 aromatic heterocycles. The smallest absolute Gasteiger partial charge is 0.410 e. The van der Waals surface area contributed by atoms with Gasteiger partial charge in [0.15, 0.2) is 0 Å². The lowest BCUT2D eigenvalue weighted by atomic mass is 9.88. The molecule has 1 unspecified atom stereocenters. The highest BCUT2D eigenvalue weighted by molar-refractivity contribution is 5.79. The number of aromatic nitrogens is 1. The summed E-state index contributed by atoms with van der Waals surface area (Å²) in [6.07, 6.45) is 2.36. The van der Waals surface area contributed by atoms with Gasteiger partial charge in [-0.3, -0.25) is 14.7 Å². The molecule has 6 heteroatoms. The largest absolute Gasteiger partial charge is 0.447 e. The molecule has 2 amide bonds. The number of carbonyl (C=O) groups excluding carboxylic acids is 2. The van der Waals surface area contributed by atoms with Crippen LogP contribution in [0, 0.1) is 0 Å². The van der Waals surface area contributed by atoms with Gasteiger partial charge in [0, 0.05) is 37.9 Å². The average Bonchev–Trinajstić information content (AvgIpc) is 2.99. The van der Waals surface area contributed by atoms with Crippen molar-refractivity contribution in [2.24, 2.45) is 0 Å². The summed E-state index contributed by atoms with van der Waals surface area (Å²) in [7, 11) is 0. The molecule has 0 saturated carbocycles. The second kappa shape index (κ2) is 6.78. The molecule has 0 aliphatic carbocycles. The average molecular weight is 351 g/mol. The van der Waals surface area contributed by atoms with Gasteiger partial charge in [-0.05, 0) is 17.7 Å². The summed E-state index contributed by atoms with van der Waals surface area (Å²) < 4.78 is 5.36. The molecule has 134 valence electrons. The van der Waals surface area contributed by atoms with Crippen molar-refractivity contribution in [1.29, 1.82) is 0 Å². The summed E-state index contributed by atoms with van der Waals surface area (Å²) in [4.78, 5) is 32.8. The summed E-state index contributed by atoms with van der Waals surface area (Å²) in [5, 5.41) is 0. The second-order valence-electron chi connectivity index (χ2n) is 6.91. The zero-order valence-corrected chi connectivity index (χ0v) is 14.5. The van der Waals surface area contributed by atoms with Gasteiger partial charge in [0.05, 0.1) is 6.42 Å². The standard InChI is InChI=1S/C20H21N3O3/c24-18(12-17-8-4-5-9-21-17)22-10-11-23-19(25)26-15-20(23,14-22)13-16-6-2-1-3-7-16/h1-9H,10-15H2. The first kappa shape index (κ1) is 16.6. The third-order valence-corrected chi connectivity index (χ3v) is 5.12. The number of cyclic esters (lactones) is 1. The van der Waals surface area contributed by atoms with Crippen LogP contribution in [0.25, 0.3) is 0 Å². The number of fused-ring (bicyclic) bond motifs is 1. The molecule has 2 aliphatic rings. The third kappa shape index (κ3) is 3.14.